The molecule has 46 heavy (non-hydrogen) atoms. The number of rotatable bonds is 2. The van der Waals surface area contributed by atoms with E-state index in [1.165, 1.54) is 69.4 Å². The van der Waals surface area contributed by atoms with Crippen LogP contribution in [0.2, 0.25) is 5.82 Å². The first-order valence-corrected chi connectivity index (χ1v) is 19.3. The average molecular weight is 613 g/mol. The highest BCUT2D eigenvalue weighted by molar-refractivity contribution is 6.81. The molecule has 5 fully saturated rings. The van der Waals surface area contributed by atoms with Crippen LogP contribution >= 0.6 is 0 Å². The maximum atomic E-state index is 6.02. The molecule has 1 saturated heterocycles. The van der Waals surface area contributed by atoms with Crippen LogP contribution in [-0.2, 0) is 0 Å². The fraction of sp³-hybridized carbons (Fsp3) is 0.634. The van der Waals surface area contributed by atoms with Crippen molar-refractivity contribution >= 4 is 23.8 Å². The first kappa shape index (κ1) is 28.3. The van der Waals surface area contributed by atoms with Gasteiger partial charge in [0.1, 0.15) is 5.82 Å². The predicted octanol–water partition coefficient (Wildman–Crippen LogP) is 7.83. The van der Waals surface area contributed by atoms with Crippen molar-refractivity contribution in [3.05, 3.63) is 72.0 Å². The van der Waals surface area contributed by atoms with E-state index < -0.39 is 0 Å². The molecule has 0 radical (unpaired) electrons. The third kappa shape index (κ3) is 3.67. The molecule has 240 valence electrons. The van der Waals surface area contributed by atoms with E-state index in [0.29, 0.717) is 66.4 Å². The van der Waals surface area contributed by atoms with Gasteiger partial charge in [0.2, 0.25) is 12.7 Å². The van der Waals surface area contributed by atoms with Crippen LogP contribution in [-0.4, -0.2) is 52.7 Å². The van der Waals surface area contributed by atoms with Gasteiger partial charge < -0.3 is 9.80 Å². The second-order valence-corrected chi connectivity index (χ2v) is 17.0. The van der Waals surface area contributed by atoms with E-state index in [1.54, 1.807) is 16.8 Å². The predicted molar refractivity (Wildman–Crippen MR) is 190 cm³/mol. The van der Waals surface area contributed by atoms with Crippen LogP contribution in [0.3, 0.4) is 0 Å². The van der Waals surface area contributed by atoms with Crippen LogP contribution in [0, 0.1) is 41.4 Å². The highest BCUT2D eigenvalue weighted by atomic mass is 15.5. The third-order valence-corrected chi connectivity index (χ3v) is 15.5. The molecule has 0 spiro atoms. The molecule has 8 aliphatic rings. The summed E-state index contributed by atoms with van der Waals surface area (Å²) in [6, 6.07) is 26.1. The van der Waals surface area contributed by atoms with E-state index in [9.17, 15) is 0 Å². The Labute approximate surface area is 277 Å². The summed E-state index contributed by atoms with van der Waals surface area (Å²) in [5.74, 6) is 8.60. The fourth-order valence-corrected chi connectivity index (χ4v) is 13.2. The Morgan fingerprint density at radius 1 is 0.652 bits per heavy atom. The number of aliphatic imine (C=N–C) groups is 1. The van der Waals surface area contributed by atoms with Crippen molar-refractivity contribution in [1.82, 2.24) is 9.80 Å². The van der Waals surface area contributed by atoms with Crippen molar-refractivity contribution < 1.29 is 0 Å². The molecule has 4 aliphatic carbocycles. The number of hydrogen-bond acceptors (Lipinski definition) is 4. The molecule has 0 bridgehead atoms. The fourth-order valence-electron chi connectivity index (χ4n) is 13.2. The number of guanidine groups is 1. The molecule has 5 heteroatoms. The lowest BCUT2D eigenvalue weighted by Crippen LogP contribution is -2.73. The van der Waals surface area contributed by atoms with Gasteiger partial charge in [-0.1, -0.05) is 114 Å². The molecular weight excluding hydrogens is 559 g/mol. The summed E-state index contributed by atoms with van der Waals surface area (Å²) >= 11 is 0. The Morgan fingerprint density at radius 3 is 2.17 bits per heavy atom. The number of anilines is 1. The smallest absolute Gasteiger partial charge is 0.214 e. The first-order valence-electron chi connectivity index (χ1n) is 19.3. The summed E-state index contributed by atoms with van der Waals surface area (Å²) in [5, 5.41) is 0. The summed E-state index contributed by atoms with van der Waals surface area (Å²) in [4.78, 5) is 14.9. The molecule has 4 saturated carbocycles. The van der Waals surface area contributed by atoms with Crippen molar-refractivity contribution in [3.8, 4) is 0 Å². The van der Waals surface area contributed by atoms with Crippen molar-refractivity contribution in [2.24, 2.45) is 46.4 Å². The van der Waals surface area contributed by atoms with Crippen molar-refractivity contribution in [3.63, 3.8) is 0 Å². The van der Waals surface area contributed by atoms with Gasteiger partial charge in [0.25, 0.3) is 0 Å². The Hall–Kier alpha value is -2.69. The summed E-state index contributed by atoms with van der Waals surface area (Å²) < 4.78 is 0. The van der Waals surface area contributed by atoms with Crippen molar-refractivity contribution in [2.75, 3.05) is 4.90 Å². The molecule has 0 amide bonds. The van der Waals surface area contributed by atoms with Gasteiger partial charge >= 0.3 is 0 Å². The van der Waals surface area contributed by atoms with E-state index in [-0.39, 0.29) is 0 Å². The maximum Gasteiger partial charge on any atom is 0.214 e. The summed E-state index contributed by atoms with van der Waals surface area (Å²) in [6.45, 7) is 10.7. The zero-order valence-electron chi connectivity index (χ0n) is 28.5. The highest BCUT2D eigenvalue weighted by Gasteiger charge is 2.66. The van der Waals surface area contributed by atoms with E-state index >= 15 is 0 Å². The van der Waals surface area contributed by atoms with Gasteiger partial charge in [-0.15, -0.1) is 0 Å². The molecular formula is C41H53BN4. The van der Waals surface area contributed by atoms with Gasteiger partial charge in [0, 0.05) is 29.7 Å². The molecule has 4 nitrogen and oxygen atoms in total. The molecule has 13 unspecified atom stereocenters. The monoisotopic (exact) mass is 612 g/mol. The van der Waals surface area contributed by atoms with Gasteiger partial charge in [-0.3, -0.25) is 4.90 Å². The van der Waals surface area contributed by atoms with E-state index in [1.807, 2.05) is 0 Å². The molecule has 2 aromatic rings. The number of nitrogens with zero attached hydrogens (tertiary/aromatic N) is 4. The van der Waals surface area contributed by atoms with Gasteiger partial charge in [-0.2, -0.15) is 0 Å². The van der Waals surface area contributed by atoms with Crippen molar-refractivity contribution in [2.45, 2.75) is 122 Å². The second kappa shape index (κ2) is 10.4. The summed E-state index contributed by atoms with van der Waals surface area (Å²) in [7, 11) is 0. The van der Waals surface area contributed by atoms with Crippen molar-refractivity contribution in [1.29, 1.82) is 0 Å². The average Bonchev–Trinajstić information content (AvgIpc) is 3.67. The molecule has 2 aromatic carbocycles. The van der Waals surface area contributed by atoms with Crippen LogP contribution in [0.25, 0.3) is 0 Å². The van der Waals surface area contributed by atoms with Gasteiger partial charge in [0.15, 0.2) is 0 Å². The highest BCUT2D eigenvalue weighted by Crippen LogP contribution is 2.62. The Balaban J connectivity index is 1.24. The molecule has 0 N–H and O–H groups in total. The van der Waals surface area contributed by atoms with E-state index in [2.05, 4.69) is 103 Å². The topological polar surface area (TPSA) is 22.1 Å². The quantitative estimate of drug-likeness (QED) is 0.323. The second-order valence-electron chi connectivity index (χ2n) is 17.0. The van der Waals surface area contributed by atoms with Crippen LogP contribution in [0.15, 0.2) is 76.9 Å². The zero-order valence-corrected chi connectivity index (χ0v) is 28.5. The van der Waals surface area contributed by atoms with Gasteiger partial charge in [0.05, 0.1) is 12.1 Å². The SMILES string of the molecule is CC1C(C)C(C)C2C(N=C3N4C5=C(B(c6ccccc6)C6CCC7CCCC(C7C64)N32)C2CCCCC2N5c2ccccc2)C1C. The lowest BCUT2D eigenvalue weighted by molar-refractivity contribution is -0.0494. The minimum atomic E-state index is 0.417. The number of hydrogen-bond donors (Lipinski definition) is 0. The maximum absolute atomic E-state index is 6.02. The van der Waals surface area contributed by atoms with E-state index in [4.69, 9.17) is 4.99 Å². The zero-order chi connectivity index (χ0) is 30.8. The van der Waals surface area contributed by atoms with Crippen LogP contribution in [0.1, 0.15) is 85.5 Å². The van der Waals surface area contributed by atoms with Gasteiger partial charge in [-0.05, 0) is 84.6 Å². The van der Waals surface area contributed by atoms with Gasteiger partial charge in [-0.25, -0.2) is 4.99 Å². The van der Waals surface area contributed by atoms with Crippen LogP contribution in [0.5, 0.6) is 0 Å². The Morgan fingerprint density at radius 2 is 1.37 bits per heavy atom. The normalized spacial score (nSPS) is 43.8. The number of para-hydroxylation sites is 1. The summed E-state index contributed by atoms with van der Waals surface area (Å²) in [5.41, 5.74) is 4.77. The standard InChI is InChI=1S/C41H53BN4/c1-24-25(2)27(4)38-37(26(24)3)43-41-45(38)34-21-13-14-28-22-23-32-39(35(28)34)46(41)40-36(42(32)29-15-7-5-8-16-29)31-19-11-12-20-33(31)44(40)30-17-9-6-10-18-30/h5-10,15-18,24-28,31-35,37-39H,11-14,19-23H2,1-4H3. The first-order chi connectivity index (χ1) is 22.5. The van der Waals surface area contributed by atoms with Crippen LogP contribution in [0.4, 0.5) is 5.69 Å². The minimum Gasteiger partial charge on any atom is -0.334 e. The molecule has 10 rings (SSSR count). The number of benzene rings is 2. The third-order valence-electron chi connectivity index (χ3n) is 15.5. The Bertz CT molecular complexity index is 1550. The lowest BCUT2D eigenvalue weighted by atomic mass is 9.26. The largest absolute Gasteiger partial charge is 0.334 e. The number of fused-ring (bicyclic) bond motifs is 8. The molecule has 0 aromatic heterocycles. The molecule has 4 heterocycles. The lowest BCUT2D eigenvalue weighted by Gasteiger charge is -2.64. The Kier molecular flexibility index (Phi) is 6.41. The summed E-state index contributed by atoms with van der Waals surface area (Å²) in [6.07, 6.45) is 12.3. The minimum absolute atomic E-state index is 0.417. The van der Waals surface area contributed by atoms with E-state index in [0.717, 1.165) is 17.8 Å². The van der Waals surface area contributed by atoms with Crippen LogP contribution < -0.4 is 10.4 Å². The molecule has 4 aliphatic heterocycles. The molecule has 13 atom stereocenters.